The summed E-state index contributed by atoms with van der Waals surface area (Å²) in [5.41, 5.74) is 4.60. The molecule has 5 aromatic carbocycles. The number of hydrogen-bond donors (Lipinski definition) is 0. The van der Waals surface area contributed by atoms with E-state index >= 15 is 0 Å². The third-order valence-corrected chi connectivity index (χ3v) is 5.73. The van der Waals surface area contributed by atoms with Gasteiger partial charge in [-0.05, 0) is 44.3 Å². The van der Waals surface area contributed by atoms with Crippen molar-refractivity contribution in [2.24, 2.45) is 0 Å². The highest BCUT2D eigenvalue weighted by Crippen LogP contribution is 2.39. The maximum absolute atomic E-state index is 9.68. The highest BCUT2D eigenvalue weighted by atomic mass is 35.5. The van der Waals surface area contributed by atoms with Crippen LogP contribution in [0, 0.1) is 11.3 Å². The molecule has 0 bridgehead atoms. The average molecular weight is 390 g/mol. The highest BCUT2D eigenvalue weighted by Gasteiger charge is 2.15. The molecule has 0 saturated carbocycles. The van der Waals surface area contributed by atoms with Gasteiger partial charge in [0.05, 0.1) is 10.6 Å². The van der Waals surface area contributed by atoms with Gasteiger partial charge in [-0.2, -0.15) is 5.26 Å². The van der Waals surface area contributed by atoms with Gasteiger partial charge in [-0.15, -0.1) is 0 Å². The molecule has 5 aromatic rings. The quantitative estimate of drug-likeness (QED) is 0.282. The molecule has 0 fully saturated rings. The lowest BCUT2D eigenvalue weighted by Gasteiger charge is -2.15. The molecule has 0 saturated heterocycles. The summed E-state index contributed by atoms with van der Waals surface area (Å²) in [6.07, 6.45) is 0. The minimum absolute atomic E-state index is 0.476. The number of hydrogen-bond acceptors (Lipinski definition) is 1. The standard InChI is InChI=1S/C27H16ClN/c28-27-14-6-13-24(26(27)17-29)22-10-4-3-9-21(22)23-12-5-11-20-19-8-2-1-7-18(19)15-16-25(20)23/h1-16H. The second-order valence-electron chi connectivity index (χ2n) is 7.01. The molecule has 0 heterocycles. The monoisotopic (exact) mass is 389 g/mol. The Morgan fingerprint density at radius 3 is 1.97 bits per heavy atom. The van der Waals surface area contributed by atoms with E-state index in [0.29, 0.717) is 10.6 Å². The Labute approximate surface area is 174 Å². The lowest BCUT2D eigenvalue weighted by atomic mass is 9.89. The van der Waals surface area contributed by atoms with E-state index in [1.807, 2.05) is 24.3 Å². The Hall–Kier alpha value is -3.60. The third-order valence-electron chi connectivity index (χ3n) is 5.42. The minimum atomic E-state index is 0.476. The zero-order valence-corrected chi connectivity index (χ0v) is 16.3. The zero-order chi connectivity index (χ0) is 19.8. The van der Waals surface area contributed by atoms with Crippen LogP contribution in [0.5, 0.6) is 0 Å². The summed E-state index contributed by atoms with van der Waals surface area (Å²) >= 11 is 6.32. The van der Waals surface area contributed by atoms with Crippen LogP contribution in [0.15, 0.2) is 97.1 Å². The van der Waals surface area contributed by atoms with Crippen LogP contribution in [-0.4, -0.2) is 0 Å². The van der Waals surface area contributed by atoms with E-state index in [9.17, 15) is 5.26 Å². The molecular weight excluding hydrogens is 374 g/mol. The number of nitriles is 1. The van der Waals surface area contributed by atoms with Crippen molar-refractivity contribution in [3.8, 4) is 28.3 Å². The first-order valence-electron chi connectivity index (χ1n) is 9.47. The molecule has 136 valence electrons. The van der Waals surface area contributed by atoms with Gasteiger partial charge in [-0.3, -0.25) is 0 Å². The average Bonchev–Trinajstić information content (AvgIpc) is 2.78. The fraction of sp³-hybridized carbons (Fsp3) is 0. The van der Waals surface area contributed by atoms with Crippen molar-refractivity contribution in [1.29, 1.82) is 5.26 Å². The minimum Gasteiger partial charge on any atom is -0.192 e. The van der Waals surface area contributed by atoms with Gasteiger partial charge < -0.3 is 0 Å². The van der Waals surface area contributed by atoms with Gasteiger partial charge in [-0.25, -0.2) is 0 Å². The predicted octanol–water partition coefficient (Wildman–Crippen LogP) is 7.85. The summed E-state index contributed by atoms with van der Waals surface area (Å²) in [5.74, 6) is 0. The normalized spacial score (nSPS) is 10.9. The Morgan fingerprint density at radius 1 is 0.517 bits per heavy atom. The maximum atomic E-state index is 9.68. The van der Waals surface area contributed by atoms with Gasteiger partial charge in [0, 0.05) is 5.56 Å². The zero-order valence-electron chi connectivity index (χ0n) is 15.6. The molecule has 2 heteroatoms. The van der Waals surface area contributed by atoms with Gasteiger partial charge in [0.1, 0.15) is 6.07 Å². The van der Waals surface area contributed by atoms with E-state index < -0.39 is 0 Å². The van der Waals surface area contributed by atoms with Gasteiger partial charge in [0.15, 0.2) is 0 Å². The number of benzene rings is 5. The van der Waals surface area contributed by atoms with Gasteiger partial charge in [0.2, 0.25) is 0 Å². The molecular formula is C27H16ClN. The molecule has 0 N–H and O–H groups in total. The number of halogens is 1. The Kier molecular flexibility index (Phi) is 4.28. The van der Waals surface area contributed by atoms with Crippen molar-refractivity contribution in [2.75, 3.05) is 0 Å². The van der Waals surface area contributed by atoms with Crippen molar-refractivity contribution in [3.63, 3.8) is 0 Å². The van der Waals surface area contributed by atoms with Crippen LogP contribution in [0.3, 0.4) is 0 Å². The van der Waals surface area contributed by atoms with Gasteiger partial charge >= 0.3 is 0 Å². The molecule has 0 radical (unpaired) electrons. The first-order valence-corrected chi connectivity index (χ1v) is 9.84. The summed E-state index contributed by atoms with van der Waals surface area (Å²) in [5, 5.41) is 15.0. The van der Waals surface area contributed by atoms with Gasteiger partial charge in [-0.1, -0.05) is 103 Å². The first-order chi connectivity index (χ1) is 14.3. The third kappa shape index (κ3) is 2.86. The topological polar surface area (TPSA) is 23.8 Å². The Morgan fingerprint density at radius 2 is 1.14 bits per heavy atom. The number of rotatable bonds is 2. The van der Waals surface area contributed by atoms with E-state index in [2.05, 4.69) is 72.8 Å². The largest absolute Gasteiger partial charge is 0.192 e. The fourth-order valence-corrected chi connectivity index (χ4v) is 4.31. The molecule has 0 aliphatic carbocycles. The smallest absolute Gasteiger partial charge is 0.101 e. The van der Waals surface area contributed by atoms with Crippen LogP contribution in [-0.2, 0) is 0 Å². The molecule has 5 rings (SSSR count). The molecule has 0 spiro atoms. The Bertz CT molecular complexity index is 1430. The maximum Gasteiger partial charge on any atom is 0.101 e. The fourth-order valence-electron chi connectivity index (χ4n) is 4.09. The summed E-state index contributed by atoms with van der Waals surface area (Å²) in [6, 6.07) is 35.3. The van der Waals surface area contributed by atoms with E-state index in [4.69, 9.17) is 11.6 Å². The molecule has 1 nitrogen and oxygen atoms in total. The van der Waals surface area contributed by atoms with Crippen molar-refractivity contribution in [1.82, 2.24) is 0 Å². The molecule has 0 atom stereocenters. The van der Waals surface area contributed by atoms with Crippen molar-refractivity contribution < 1.29 is 0 Å². The SMILES string of the molecule is N#Cc1c(Cl)cccc1-c1ccccc1-c1cccc2c1ccc1ccccc12. The molecule has 0 aromatic heterocycles. The highest BCUT2D eigenvalue weighted by molar-refractivity contribution is 6.32. The summed E-state index contributed by atoms with van der Waals surface area (Å²) in [6.45, 7) is 0. The van der Waals surface area contributed by atoms with Crippen molar-refractivity contribution in [2.45, 2.75) is 0 Å². The Balaban J connectivity index is 1.84. The summed E-state index contributed by atoms with van der Waals surface area (Å²) in [4.78, 5) is 0. The first kappa shape index (κ1) is 17.5. The number of nitrogens with zero attached hydrogens (tertiary/aromatic N) is 1. The van der Waals surface area contributed by atoms with Crippen LogP contribution in [0.2, 0.25) is 5.02 Å². The molecule has 29 heavy (non-hydrogen) atoms. The van der Waals surface area contributed by atoms with Crippen molar-refractivity contribution in [3.05, 3.63) is 108 Å². The van der Waals surface area contributed by atoms with Gasteiger partial charge in [0.25, 0.3) is 0 Å². The molecule has 0 aliphatic rings. The van der Waals surface area contributed by atoms with Crippen LogP contribution < -0.4 is 0 Å². The van der Waals surface area contributed by atoms with E-state index in [0.717, 1.165) is 22.3 Å². The lowest BCUT2D eigenvalue weighted by Crippen LogP contribution is -1.90. The molecule has 0 unspecified atom stereocenters. The summed E-state index contributed by atoms with van der Waals surface area (Å²) in [7, 11) is 0. The lowest BCUT2D eigenvalue weighted by molar-refractivity contribution is 1.48. The van der Waals surface area contributed by atoms with Crippen LogP contribution in [0.4, 0.5) is 0 Å². The predicted molar refractivity (Wildman–Crippen MR) is 122 cm³/mol. The number of fused-ring (bicyclic) bond motifs is 3. The summed E-state index contributed by atoms with van der Waals surface area (Å²) < 4.78 is 0. The van der Waals surface area contributed by atoms with Crippen molar-refractivity contribution >= 4 is 33.1 Å². The van der Waals surface area contributed by atoms with Crippen LogP contribution >= 0.6 is 11.6 Å². The molecule has 0 amide bonds. The van der Waals surface area contributed by atoms with Crippen LogP contribution in [0.1, 0.15) is 5.56 Å². The van der Waals surface area contributed by atoms with E-state index in [1.54, 1.807) is 6.07 Å². The second kappa shape index (κ2) is 7.09. The molecule has 0 aliphatic heterocycles. The van der Waals surface area contributed by atoms with E-state index in [1.165, 1.54) is 21.5 Å². The van der Waals surface area contributed by atoms with Crippen LogP contribution in [0.25, 0.3) is 43.8 Å². The second-order valence-corrected chi connectivity index (χ2v) is 7.41. The van der Waals surface area contributed by atoms with E-state index in [-0.39, 0.29) is 0 Å².